The molecule has 0 amide bonds. The van der Waals surface area contributed by atoms with Crippen molar-refractivity contribution in [2.24, 2.45) is 11.3 Å². The van der Waals surface area contributed by atoms with Gasteiger partial charge in [-0.25, -0.2) is 4.98 Å². The Kier molecular flexibility index (Phi) is 5.76. The molecule has 3 rings (SSSR count). The van der Waals surface area contributed by atoms with Gasteiger partial charge < -0.3 is 15.2 Å². The van der Waals surface area contributed by atoms with Crippen molar-refractivity contribution in [1.82, 2.24) is 4.98 Å². The number of anilines is 1. The molecule has 1 aromatic heterocycles. The van der Waals surface area contributed by atoms with Crippen LogP contribution in [0.5, 0.6) is 11.5 Å². The first-order chi connectivity index (χ1) is 12.4. The molecule has 5 heteroatoms. The van der Waals surface area contributed by atoms with Gasteiger partial charge in [0.05, 0.1) is 19.9 Å². The smallest absolute Gasteiger partial charge is 0.180 e. The number of nitrogens with zero attached hydrogens (tertiary/aromatic N) is 1. The minimum absolute atomic E-state index is 0.518. The summed E-state index contributed by atoms with van der Waals surface area (Å²) in [5.74, 6) is 2.41. The van der Waals surface area contributed by atoms with Crippen LogP contribution in [0.4, 0.5) is 5.13 Å². The van der Waals surface area contributed by atoms with E-state index < -0.39 is 0 Å². The zero-order valence-corrected chi connectivity index (χ0v) is 17.1. The van der Waals surface area contributed by atoms with E-state index in [-0.39, 0.29) is 0 Å². The van der Waals surface area contributed by atoms with Gasteiger partial charge in [-0.1, -0.05) is 13.8 Å². The van der Waals surface area contributed by atoms with Crippen molar-refractivity contribution in [3.63, 3.8) is 0 Å². The van der Waals surface area contributed by atoms with Crippen LogP contribution in [-0.2, 0) is 6.42 Å². The zero-order valence-electron chi connectivity index (χ0n) is 16.3. The summed E-state index contributed by atoms with van der Waals surface area (Å²) in [6, 6.07) is 5.82. The van der Waals surface area contributed by atoms with Gasteiger partial charge in [0.25, 0.3) is 0 Å². The van der Waals surface area contributed by atoms with E-state index in [0.717, 1.165) is 35.1 Å². The van der Waals surface area contributed by atoms with Gasteiger partial charge in [0.2, 0.25) is 0 Å². The number of nitrogens with two attached hydrogens (primary N) is 1. The second kappa shape index (κ2) is 7.87. The number of ether oxygens (including phenoxy) is 2. The van der Waals surface area contributed by atoms with E-state index in [9.17, 15) is 0 Å². The van der Waals surface area contributed by atoms with Crippen molar-refractivity contribution < 1.29 is 9.47 Å². The maximum Gasteiger partial charge on any atom is 0.180 e. The molecule has 1 aliphatic carbocycles. The Balaban J connectivity index is 1.79. The number of aromatic nitrogens is 1. The third-order valence-corrected chi connectivity index (χ3v) is 6.56. The van der Waals surface area contributed by atoms with Crippen LogP contribution in [0.1, 0.15) is 50.8 Å². The first-order valence-electron chi connectivity index (χ1n) is 9.39. The van der Waals surface area contributed by atoms with Gasteiger partial charge in [-0.05, 0) is 68.1 Å². The lowest BCUT2D eigenvalue weighted by molar-refractivity contribution is 0.185. The quantitative estimate of drug-likeness (QED) is 0.719. The number of benzene rings is 1. The molecule has 0 unspecified atom stereocenters. The number of nitrogen functional groups attached to an aromatic ring is 1. The van der Waals surface area contributed by atoms with Crippen LogP contribution < -0.4 is 15.2 Å². The molecule has 142 valence electrons. The minimum Gasteiger partial charge on any atom is -0.497 e. The fourth-order valence-corrected chi connectivity index (χ4v) is 4.69. The highest BCUT2D eigenvalue weighted by Gasteiger charge is 2.27. The first-order valence-corrected chi connectivity index (χ1v) is 10.2. The van der Waals surface area contributed by atoms with Crippen molar-refractivity contribution in [3.8, 4) is 22.8 Å². The summed E-state index contributed by atoms with van der Waals surface area (Å²) in [7, 11) is 3.36. The van der Waals surface area contributed by atoms with Gasteiger partial charge in [-0.2, -0.15) is 0 Å². The van der Waals surface area contributed by atoms with Crippen molar-refractivity contribution in [3.05, 3.63) is 23.1 Å². The molecular weight excluding hydrogens is 344 g/mol. The highest BCUT2D eigenvalue weighted by atomic mass is 32.1. The summed E-state index contributed by atoms with van der Waals surface area (Å²) in [5.41, 5.74) is 8.48. The standard InChI is InChI=1S/C21H30N2O2S/c1-21(2)11-9-14(10-12-21)5-8-18-19(23-20(22)26-18)16-13-15(24-3)6-7-17(16)25-4/h6-7,13-14H,5,8-12H2,1-4H3,(H2,22,23). The van der Waals surface area contributed by atoms with Crippen LogP contribution in [0.25, 0.3) is 11.3 Å². The van der Waals surface area contributed by atoms with Gasteiger partial charge in [0, 0.05) is 10.4 Å². The van der Waals surface area contributed by atoms with E-state index in [4.69, 9.17) is 15.2 Å². The minimum atomic E-state index is 0.518. The molecule has 0 radical (unpaired) electrons. The lowest BCUT2D eigenvalue weighted by Crippen LogP contribution is -2.21. The second-order valence-corrected chi connectivity index (χ2v) is 9.15. The monoisotopic (exact) mass is 374 g/mol. The summed E-state index contributed by atoms with van der Waals surface area (Å²) < 4.78 is 10.9. The van der Waals surface area contributed by atoms with E-state index in [2.05, 4.69) is 18.8 Å². The topological polar surface area (TPSA) is 57.4 Å². The van der Waals surface area contributed by atoms with Crippen LogP contribution in [-0.4, -0.2) is 19.2 Å². The lowest BCUT2D eigenvalue weighted by Gasteiger charge is -2.34. The summed E-state index contributed by atoms with van der Waals surface area (Å²) >= 11 is 1.60. The van der Waals surface area contributed by atoms with E-state index in [0.29, 0.717) is 10.5 Å². The highest BCUT2D eigenvalue weighted by Crippen LogP contribution is 2.42. The Morgan fingerprint density at radius 2 is 1.92 bits per heavy atom. The predicted molar refractivity (Wildman–Crippen MR) is 109 cm³/mol. The first kappa shape index (κ1) is 19.0. The van der Waals surface area contributed by atoms with E-state index >= 15 is 0 Å². The molecule has 0 aliphatic heterocycles. The van der Waals surface area contributed by atoms with Crippen molar-refractivity contribution in [2.75, 3.05) is 20.0 Å². The zero-order chi connectivity index (χ0) is 18.7. The van der Waals surface area contributed by atoms with Crippen LogP contribution in [0.2, 0.25) is 0 Å². The molecule has 0 spiro atoms. The molecular formula is C21H30N2O2S. The maximum absolute atomic E-state index is 6.06. The van der Waals surface area contributed by atoms with Gasteiger partial charge in [0.1, 0.15) is 11.5 Å². The Bertz CT molecular complexity index is 744. The number of thiazole rings is 1. The Labute approximate surface area is 160 Å². The van der Waals surface area contributed by atoms with Crippen molar-refractivity contribution >= 4 is 16.5 Å². The van der Waals surface area contributed by atoms with Crippen LogP contribution in [0, 0.1) is 11.3 Å². The number of rotatable bonds is 6. The molecule has 0 bridgehead atoms. The van der Waals surface area contributed by atoms with Crippen LogP contribution in [0.3, 0.4) is 0 Å². The molecule has 2 aromatic rings. The van der Waals surface area contributed by atoms with Crippen LogP contribution in [0.15, 0.2) is 18.2 Å². The fraction of sp³-hybridized carbons (Fsp3) is 0.571. The molecule has 26 heavy (non-hydrogen) atoms. The Hall–Kier alpha value is -1.75. The van der Waals surface area contributed by atoms with Crippen molar-refractivity contribution in [2.45, 2.75) is 52.4 Å². The molecule has 1 saturated carbocycles. The number of aryl methyl sites for hydroxylation is 1. The summed E-state index contributed by atoms with van der Waals surface area (Å²) in [6.45, 7) is 4.78. The average Bonchev–Trinajstić information content (AvgIpc) is 3.00. The molecule has 1 heterocycles. The SMILES string of the molecule is COc1ccc(OC)c(-c2nc(N)sc2CCC2CCC(C)(C)CC2)c1. The summed E-state index contributed by atoms with van der Waals surface area (Å²) in [6.07, 6.45) is 7.56. The summed E-state index contributed by atoms with van der Waals surface area (Å²) in [5, 5.41) is 0.615. The van der Waals surface area contributed by atoms with Gasteiger partial charge in [0.15, 0.2) is 5.13 Å². The average molecular weight is 375 g/mol. The van der Waals surface area contributed by atoms with Crippen LogP contribution >= 0.6 is 11.3 Å². The molecule has 0 saturated heterocycles. The van der Waals surface area contributed by atoms with Crippen molar-refractivity contribution in [1.29, 1.82) is 0 Å². The van der Waals surface area contributed by atoms with Gasteiger partial charge >= 0.3 is 0 Å². The normalized spacial score (nSPS) is 17.2. The molecule has 2 N–H and O–H groups in total. The second-order valence-electron chi connectivity index (χ2n) is 8.04. The largest absolute Gasteiger partial charge is 0.497 e. The number of hydrogen-bond donors (Lipinski definition) is 1. The van der Waals surface area contributed by atoms with Gasteiger partial charge in [-0.3, -0.25) is 0 Å². The molecule has 1 fully saturated rings. The molecule has 0 atom stereocenters. The molecule has 1 aliphatic rings. The predicted octanol–water partition coefficient (Wildman–Crippen LogP) is 5.56. The van der Waals surface area contributed by atoms with E-state index in [1.54, 1.807) is 25.6 Å². The van der Waals surface area contributed by atoms with E-state index in [1.807, 2.05) is 18.2 Å². The number of methoxy groups -OCH3 is 2. The third kappa shape index (κ3) is 4.32. The molecule has 1 aromatic carbocycles. The van der Waals surface area contributed by atoms with E-state index in [1.165, 1.54) is 37.0 Å². The third-order valence-electron chi connectivity index (χ3n) is 5.61. The summed E-state index contributed by atoms with van der Waals surface area (Å²) in [4.78, 5) is 5.86. The Morgan fingerprint density at radius 3 is 2.58 bits per heavy atom. The Morgan fingerprint density at radius 1 is 1.19 bits per heavy atom. The fourth-order valence-electron chi connectivity index (χ4n) is 3.83. The maximum atomic E-state index is 6.06. The lowest BCUT2D eigenvalue weighted by atomic mass is 9.72. The number of hydrogen-bond acceptors (Lipinski definition) is 5. The highest BCUT2D eigenvalue weighted by molar-refractivity contribution is 7.15. The van der Waals surface area contributed by atoms with Gasteiger partial charge in [-0.15, -0.1) is 11.3 Å². The molecule has 4 nitrogen and oxygen atoms in total.